The van der Waals surface area contributed by atoms with E-state index < -0.39 is 36.4 Å². The van der Waals surface area contributed by atoms with Crippen molar-refractivity contribution < 1.29 is 33.4 Å². The van der Waals surface area contributed by atoms with Crippen molar-refractivity contribution in [3.8, 4) is 11.5 Å². The molecule has 9 nitrogen and oxygen atoms in total. The molecule has 7 rings (SSSR count). The number of esters is 1. The summed E-state index contributed by atoms with van der Waals surface area (Å²) in [5, 5.41) is 2.67. The second-order valence-corrected chi connectivity index (χ2v) is 11.2. The van der Waals surface area contributed by atoms with E-state index in [0.717, 1.165) is 33.6 Å². The van der Waals surface area contributed by atoms with Gasteiger partial charge in [0.15, 0.2) is 6.61 Å². The Hall–Kier alpha value is -4.66. The van der Waals surface area contributed by atoms with Crippen molar-refractivity contribution in [2.24, 2.45) is 11.8 Å². The summed E-state index contributed by atoms with van der Waals surface area (Å²) in [5.41, 5.74) is 4.64. The zero-order chi connectivity index (χ0) is 30.2. The monoisotopic (exact) mass is 582 g/mol. The molecule has 0 saturated carbocycles. The van der Waals surface area contributed by atoms with E-state index >= 15 is 0 Å². The number of rotatable bonds is 10. The summed E-state index contributed by atoms with van der Waals surface area (Å²) in [7, 11) is 2.99. The number of hydrogen-bond acceptors (Lipinski definition) is 7. The average molecular weight is 583 g/mol. The summed E-state index contributed by atoms with van der Waals surface area (Å²) >= 11 is 0. The first-order chi connectivity index (χ1) is 20.9. The molecular weight excluding hydrogens is 548 g/mol. The van der Waals surface area contributed by atoms with E-state index in [1.807, 2.05) is 55.5 Å². The maximum Gasteiger partial charge on any atom is 0.329 e. The van der Waals surface area contributed by atoms with E-state index in [-0.39, 0.29) is 30.1 Å². The minimum atomic E-state index is -1.11. The number of nitrogens with zero attached hydrogens (tertiary/aromatic N) is 1. The molecule has 2 bridgehead atoms. The lowest BCUT2D eigenvalue weighted by atomic mass is 9.55. The molecule has 222 valence electrons. The van der Waals surface area contributed by atoms with Crippen LogP contribution in [0.2, 0.25) is 0 Å². The van der Waals surface area contributed by atoms with E-state index in [1.165, 1.54) is 14.2 Å². The highest BCUT2D eigenvalue weighted by molar-refractivity contribution is 6.10. The first-order valence-electron chi connectivity index (χ1n) is 14.6. The third-order valence-corrected chi connectivity index (χ3v) is 8.93. The van der Waals surface area contributed by atoms with Crippen LogP contribution in [0, 0.1) is 11.8 Å². The Morgan fingerprint density at radius 3 is 1.88 bits per heavy atom. The molecule has 3 aromatic rings. The summed E-state index contributed by atoms with van der Waals surface area (Å²) in [6.45, 7) is 1.39. The van der Waals surface area contributed by atoms with Gasteiger partial charge in [0.2, 0.25) is 11.8 Å². The maximum atomic E-state index is 14.2. The van der Waals surface area contributed by atoms with Crippen LogP contribution in [0.15, 0.2) is 66.7 Å². The van der Waals surface area contributed by atoms with Crippen LogP contribution in [0.1, 0.15) is 60.3 Å². The number of hydrogen-bond donors (Lipinski definition) is 1. The van der Waals surface area contributed by atoms with Crippen molar-refractivity contribution in [2.75, 3.05) is 26.1 Å². The van der Waals surface area contributed by atoms with Crippen molar-refractivity contribution in [3.05, 3.63) is 89.0 Å². The molecular formula is C34H34N2O7. The number of unbranched alkanes of at least 4 members (excludes halogenated alkanes) is 1. The number of likely N-dealkylation sites (tertiary alicyclic amines) is 1. The number of nitrogens with one attached hydrogen (secondary N) is 1. The molecule has 0 unspecified atom stereocenters. The highest BCUT2D eigenvalue weighted by Gasteiger charge is 2.63. The van der Waals surface area contributed by atoms with E-state index in [2.05, 4.69) is 5.32 Å². The van der Waals surface area contributed by atoms with Gasteiger partial charge >= 0.3 is 5.97 Å². The average Bonchev–Trinajstić information content (AvgIpc) is 3.30. The second-order valence-electron chi connectivity index (χ2n) is 11.2. The number of benzene rings is 3. The Morgan fingerprint density at radius 1 is 0.837 bits per heavy atom. The van der Waals surface area contributed by atoms with Crippen LogP contribution >= 0.6 is 0 Å². The Kier molecular flexibility index (Phi) is 7.64. The minimum absolute atomic E-state index is 0.259. The van der Waals surface area contributed by atoms with Gasteiger partial charge in [0.05, 0.1) is 31.7 Å². The number of methoxy groups -OCH3 is 2. The topological polar surface area (TPSA) is 111 Å². The van der Waals surface area contributed by atoms with Crippen LogP contribution in [0.4, 0.5) is 5.69 Å². The number of imide groups is 1. The maximum absolute atomic E-state index is 14.2. The first-order valence-corrected chi connectivity index (χ1v) is 14.6. The molecule has 1 fully saturated rings. The predicted octanol–water partition coefficient (Wildman–Crippen LogP) is 4.64. The predicted molar refractivity (Wildman–Crippen MR) is 158 cm³/mol. The minimum Gasteiger partial charge on any atom is -0.497 e. The molecule has 3 aromatic carbocycles. The summed E-state index contributed by atoms with van der Waals surface area (Å²) in [6, 6.07) is 19.8. The fourth-order valence-electron chi connectivity index (χ4n) is 7.08. The van der Waals surface area contributed by atoms with Crippen LogP contribution in [-0.2, 0) is 23.9 Å². The second kappa shape index (κ2) is 11.6. The Morgan fingerprint density at radius 2 is 1.40 bits per heavy atom. The zero-order valence-electron chi connectivity index (χ0n) is 24.4. The van der Waals surface area contributed by atoms with E-state index in [0.29, 0.717) is 23.6 Å². The lowest BCUT2D eigenvalue weighted by Crippen LogP contribution is -2.47. The van der Waals surface area contributed by atoms with Gasteiger partial charge in [-0.1, -0.05) is 68.3 Å². The smallest absolute Gasteiger partial charge is 0.329 e. The van der Waals surface area contributed by atoms with E-state index in [9.17, 15) is 19.2 Å². The molecule has 0 spiro atoms. The molecule has 3 aliphatic carbocycles. The largest absolute Gasteiger partial charge is 0.497 e. The molecule has 3 amide bonds. The van der Waals surface area contributed by atoms with E-state index in [4.69, 9.17) is 14.2 Å². The fourth-order valence-corrected chi connectivity index (χ4v) is 7.08. The molecule has 0 aromatic heterocycles. The number of amides is 3. The highest BCUT2D eigenvalue weighted by Crippen LogP contribution is 2.61. The highest BCUT2D eigenvalue weighted by atomic mass is 16.5. The van der Waals surface area contributed by atoms with Crippen LogP contribution in [0.5, 0.6) is 11.5 Å². The summed E-state index contributed by atoms with van der Waals surface area (Å²) in [5.74, 6) is -2.83. The van der Waals surface area contributed by atoms with Gasteiger partial charge in [0.25, 0.3) is 5.91 Å². The first kappa shape index (κ1) is 28.5. The SMILES string of the molecule is CCCC[C@@H](C(=O)OCC(=O)Nc1ccc(OC)cc1OC)N1C(=O)[C@@H]2C3c4ccccc4C(c4ccccc43)[C@@H]2C1=O. The summed E-state index contributed by atoms with van der Waals surface area (Å²) in [6.07, 6.45) is 1.62. The molecule has 1 heterocycles. The molecule has 3 atom stereocenters. The van der Waals surface area contributed by atoms with Crippen LogP contribution in [-0.4, -0.2) is 55.5 Å². The number of carbonyl (C=O) groups excluding carboxylic acids is 4. The van der Waals surface area contributed by atoms with Gasteiger partial charge in [-0.25, -0.2) is 4.79 Å². The molecule has 0 radical (unpaired) electrons. The molecule has 4 aliphatic rings. The van der Waals surface area contributed by atoms with Crippen molar-refractivity contribution >= 4 is 29.4 Å². The van der Waals surface area contributed by atoms with Gasteiger partial charge in [-0.2, -0.15) is 0 Å². The summed E-state index contributed by atoms with van der Waals surface area (Å²) in [4.78, 5) is 55.8. The fraction of sp³-hybridized carbons (Fsp3) is 0.353. The Labute approximate surface area is 250 Å². The van der Waals surface area contributed by atoms with Crippen LogP contribution in [0.25, 0.3) is 0 Å². The van der Waals surface area contributed by atoms with Crippen molar-refractivity contribution in [2.45, 2.75) is 44.1 Å². The molecule has 1 saturated heterocycles. The molecule has 1 aliphatic heterocycles. The number of carbonyl (C=O) groups is 4. The van der Waals surface area contributed by atoms with Crippen molar-refractivity contribution in [3.63, 3.8) is 0 Å². The lowest BCUT2D eigenvalue weighted by molar-refractivity contribution is -0.160. The summed E-state index contributed by atoms with van der Waals surface area (Å²) < 4.78 is 16.0. The lowest BCUT2D eigenvalue weighted by Gasteiger charge is -2.45. The zero-order valence-corrected chi connectivity index (χ0v) is 24.4. The van der Waals surface area contributed by atoms with Gasteiger partial charge < -0.3 is 19.5 Å². The third kappa shape index (κ3) is 4.73. The van der Waals surface area contributed by atoms with Gasteiger partial charge in [-0.3, -0.25) is 19.3 Å². The van der Waals surface area contributed by atoms with Crippen LogP contribution < -0.4 is 14.8 Å². The van der Waals surface area contributed by atoms with Gasteiger partial charge in [0.1, 0.15) is 17.5 Å². The molecule has 43 heavy (non-hydrogen) atoms. The normalized spacial score (nSPS) is 21.9. The van der Waals surface area contributed by atoms with Crippen molar-refractivity contribution in [1.29, 1.82) is 0 Å². The third-order valence-electron chi connectivity index (χ3n) is 8.93. The van der Waals surface area contributed by atoms with Gasteiger partial charge in [0, 0.05) is 17.9 Å². The number of ether oxygens (including phenoxy) is 3. The van der Waals surface area contributed by atoms with Crippen LogP contribution in [0.3, 0.4) is 0 Å². The van der Waals surface area contributed by atoms with E-state index in [1.54, 1.807) is 18.2 Å². The Bertz CT molecular complexity index is 1490. The Balaban J connectivity index is 1.24. The van der Waals surface area contributed by atoms with Gasteiger partial charge in [-0.05, 0) is 40.8 Å². The quantitative estimate of drug-likeness (QED) is 0.274. The molecule has 1 N–H and O–H groups in total. The standard InChI is InChI=1S/C34H34N2O7/c1-4-5-14-25(34(40)43-18-27(37)35-24-16-15-19(41-2)17-26(24)42-3)36-32(38)30-28-20-10-6-7-11-21(20)29(31(30)33(36)39)23-13-9-8-12-22(23)28/h6-13,15-17,25,28-31H,4-5,14,18H2,1-3H3,(H,35,37)/t25-,28?,29?,30-,31+/m0/s1. The number of anilines is 1. The van der Waals surface area contributed by atoms with Crippen molar-refractivity contribution in [1.82, 2.24) is 4.90 Å². The van der Waals surface area contributed by atoms with Gasteiger partial charge in [-0.15, -0.1) is 0 Å². The molecule has 9 heteroatoms.